The van der Waals surface area contributed by atoms with Gasteiger partial charge in [0.05, 0.1) is 11.9 Å². The number of aromatic nitrogens is 1. The molecule has 1 heterocycles. The largest absolute Gasteiger partial charge is 0.480 e. The summed E-state index contributed by atoms with van der Waals surface area (Å²) in [5.74, 6) is -0.839. The Bertz CT molecular complexity index is 330. The molecule has 0 aliphatic heterocycles. The van der Waals surface area contributed by atoms with Crippen LogP contribution in [-0.4, -0.2) is 28.1 Å². The van der Waals surface area contributed by atoms with Gasteiger partial charge in [-0.3, -0.25) is 9.78 Å². The zero-order valence-corrected chi connectivity index (χ0v) is 9.27. The van der Waals surface area contributed by atoms with Gasteiger partial charge >= 0.3 is 5.97 Å². The lowest BCUT2D eigenvalue weighted by atomic mass is 10.1. The Hall–Kier alpha value is -1.58. The van der Waals surface area contributed by atoms with E-state index < -0.39 is 5.97 Å². The summed E-state index contributed by atoms with van der Waals surface area (Å²) in [6.45, 7) is 5.91. The van der Waals surface area contributed by atoms with Gasteiger partial charge in [-0.2, -0.15) is 0 Å². The lowest BCUT2D eigenvalue weighted by molar-refractivity contribution is -0.135. The highest BCUT2D eigenvalue weighted by atomic mass is 16.4. The predicted molar refractivity (Wildman–Crippen MR) is 59.0 cm³/mol. The number of nitrogens with zero attached hydrogens (tertiary/aromatic N) is 2. The minimum Gasteiger partial charge on any atom is -0.480 e. The quantitative estimate of drug-likeness (QED) is 0.822. The summed E-state index contributed by atoms with van der Waals surface area (Å²) >= 11 is 0. The number of carbonyl (C=O) groups is 1. The third kappa shape index (κ3) is 3.23. The van der Waals surface area contributed by atoms with Crippen LogP contribution < -0.4 is 4.90 Å². The highest BCUT2D eigenvalue weighted by Gasteiger charge is 2.23. The molecule has 0 atom stereocenters. The minimum absolute atomic E-state index is 0.0187. The predicted octanol–water partition coefficient (Wildman–Crippen LogP) is 1.77. The normalized spacial score (nSPS) is 11.1. The molecule has 4 heteroatoms. The van der Waals surface area contributed by atoms with Crippen LogP contribution in [0, 0.1) is 0 Å². The fraction of sp³-hybridized carbons (Fsp3) is 0.455. The molecule has 0 aliphatic carbocycles. The first-order chi connectivity index (χ1) is 6.91. The smallest absolute Gasteiger partial charge is 0.323 e. The van der Waals surface area contributed by atoms with E-state index in [2.05, 4.69) is 4.98 Å². The van der Waals surface area contributed by atoms with Crippen molar-refractivity contribution >= 4 is 11.7 Å². The fourth-order valence-electron chi connectivity index (χ4n) is 1.36. The van der Waals surface area contributed by atoms with E-state index in [4.69, 9.17) is 5.11 Å². The molecule has 1 rings (SSSR count). The van der Waals surface area contributed by atoms with Gasteiger partial charge in [0, 0.05) is 11.7 Å². The summed E-state index contributed by atoms with van der Waals surface area (Å²) < 4.78 is 0. The first-order valence-corrected chi connectivity index (χ1v) is 4.81. The van der Waals surface area contributed by atoms with E-state index >= 15 is 0 Å². The van der Waals surface area contributed by atoms with Gasteiger partial charge < -0.3 is 10.0 Å². The van der Waals surface area contributed by atoms with Gasteiger partial charge in [0.25, 0.3) is 0 Å². The second-order valence-corrected chi connectivity index (χ2v) is 4.36. The van der Waals surface area contributed by atoms with E-state index in [0.29, 0.717) is 0 Å². The molecule has 0 amide bonds. The van der Waals surface area contributed by atoms with Crippen molar-refractivity contribution in [3.63, 3.8) is 0 Å². The molecule has 1 aromatic heterocycles. The highest BCUT2D eigenvalue weighted by Crippen LogP contribution is 2.21. The Balaban J connectivity index is 2.97. The summed E-state index contributed by atoms with van der Waals surface area (Å²) in [5, 5.41) is 8.85. The maximum atomic E-state index is 10.8. The maximum absolute atomic E-state index is 10.8. The molecule has 0 spiro atoms. The second-order valence-electron chi connectivity index (χ2n) is 4.36. The molecule has 0 saturated carbocycles. The topological polar surface area (TPSA) is 53.4 Å². The molecular formula is C11H16N2O2. The fourth-order valence-corrected chi connectivity index (χ4v) is 1.36. The number of hydrogen-bond acceptors (Lipinski definition) is 3. The van der Waals surface area contributed by atoms with Crippen LogP contribution in [0.2, 0.25) is 0 Å². The number of hydrogen-bond donors (Lipinski definition) is 1. The maximum Gasteiger partial charge on any atom is 0.323 e. The van der Waals surface area contributed by atoms with Crippen molar-refractivity contribution in [2.75, 3.05) is 11.4 Å². The van der Waals surface area contributed by atoms with Gasteiger partial charge in [-0.05, 0) is 32.9 Å². The molecule has 4 nitrogen and oxygen atoms in total. The molecule has 0 bridgehead atoms. The van der Waals surface area contributed by atoms with Crippen LogP contribution in [0.4, 0.5) is 5.69 Å². The number of carboxylic acid groups (broad SMARTS) is 1. The number of aliphatic carboxylic acids is 1. The van der Waals surface area contributed by atoms with Crippen molar-refractivity contribution < 1.29 is 9.90 Å². The second kappa shape index (κ2) is 4.29. The van der Waals surface area contributed by atoms with Crippen molar-refractivity contribution in [3.8, 4) is 0 Å². The zero-order valence-electron chi connectivity index (χ0n) is 9.27. The van der Waals surface area contributed by atoms with Crippen LogP contribution in [0.15, 0.2) is 24.5 Å². The van der Waals surface area contributed by atoms with E-state index in [-0.39, 0.29) is 12.1 Å². The molecular weight excluding hydrogens is 192 g/mol. The Kier molecular flexibility index (Phi) is 3.29. The van der Waals surface area contributed by atoms with Crippen molar-refractivity contribution in [2.45, 2.75) is 26.3 Å². The lowest BCUT2D eigenvalue weighted by Gasteiger charge is -2.36. The number of carboxylic acids is 1. The van der Waals surface area contributed by atoms with Crippen LogP contribution in [0.1, 0.15) is 20.8 Å². The molecule has 0 fully saturated rings. The van der Waals surface area contributed by atoms with Crippen LogP contribution >= 0.6 is 0 Å². The first kappa shape index (κ1) is 11.5. The Morgan fingerprint density at radius 3 is 2.60 bits per heavy atom. The number of pyridine rings is 1. The molecule has 1 aromatic rings. The summed E-state index contributed by atoms with van der Waals surface area (Å²) in [4.78, 5) is 16.6. The van der Waals surface area contributed by atoms with Crippen LogP contribution in [-0.2, 0) is 4.79 Å². The third-order valence-corrected chi connectivity index (χ3v) is 2.06. The summed E-state index contributed by atoms with van der Waals surface area (Å²) in [6, 6.07) is 3.66. The standard InChI is InChI=1S/C11H16N2O2/c1-11(2,3)13(8-10(14)15)9-5-4-6-12-7-9/h4-7H,8H2,1-3H3,(H,14,15). The van der Waals surface area contributed by atoms with Crippen molar-refractivity contribution in [3.05, 3.63) is 24.5 Å². The molecule has 0 radical (unpaired) electrons. The lowest BCUT2D eigenvalue weighted by Crippen LogP contribution is -2.44. The third-order valence-electron chi connectivity index (χ3n) is 2.06. The van der Waals surface area contributed by atoms with Crippen LogP contribution in [0.3, 0.4) is 0 Å². The molecule has 0 aliphatic rings. The highest BCUT2D eigenvalue weighted by molar-refractivity contribution is 5.74. The molecule has 0 saturated heterocycles. The van der Waals surface area contributed by atoms with Crippen LogP contribution in [0.5, 0.6) is 0 Å². The Labute approximate surface area is 89.6 Å². The number of anilines is 1. The molecule has 1 N–H and O–H groups in total. The minimum atomic E-state index is -0.839. The van der Waals surface area contributed by atoms with Crippen molar-refractivity contribution in [2.24, 2.45) is 0 Å². The van der Waals surface area contributed by atoms with Gasteiger partial charge in [0.15, 0.2) is 0 Å². The monoisotopic (exact) mass is 208 g/mol. The van der Waals surface area contributed by atoms with E-state index in [1.807, 2.05) is 31.7 Å². The van der Waals surface area contributed by atoms with E-state index in [1.165, 1.54) is 0 Å². The molecule has 15 heavy (non-hydrogen) atoms. The van der Waals surface area contributed by atoms with E-state index in [0.717, 1.165) is 5.69 Å². The summed E-state index contributed by atoms with van der Waals surface area (Å²) in [7, 11) is 0. The first-order valence-electron chi connectivity index (χ1n) is 4.81. The van der Waals surface area contributed by atoms with E-state index in [9.17, 15) is 4.79 Å². The Morgan fingerprint density at radius 1 is 1.53 bits per heavy atom. The number of rotatable bonds is 3. The summed E-state index contributed by atoms with van der Waals surface area (Å²) in [6.07, 6.45) is 3.35. The molecule has 0 unspecified atom stereocenters. The Morgan fingerprint density at radius 2 is 2.20 bits per heavy atom. The zero-order chi connectivity index (χ0) is 11.5. The van der Waals surface area contributed by atoms with Crippen molar-refractivity contribution in [1.82, 2.24) is 4.98 Å². The van der Waals surface area contributed by atoms with Crippen molar-refractivity contribution in [1.29, 1.82) is 0 Å². The van der Waals surface area contributed by atoms with Gasteiger partial charge in [-0.25, -0.2) is 0 Å². The molecule has 82 valence electrons. The average molecular weight is 208 g/mol. The molecule has 0 aromatic carbocycles. The van der Waals surface area contributed by atoms with Gasteiger partial charge in [-0.15, -0.1) is 0 Å². The summed E-state index contributed by atoms with van der Waals surface area (Å²) in [5.41, 5.74) is 0.592. The van der Waals surface area contributed by atoms with Crippen LogP contribution in [0.25, 0.3) is 0 Å². The van der Waals surface area contributed by atoms with Gasteiger partial charge in [0.1, 0.15) is 6.54 Å². The average Bonchev–Trinajstić information content (AvgIpc) is 2.14. The van der Waals surface area contributed by atoms with E-state index in [1.54, 1.807) is 18.5 Å². The SMILES string of the molecule is CC(C)(C)N(CC(=O)O)c1cccnc1. The van der Waals surface area contributed by atoms with Gasteiger partial charge in [-0.1, -0.05) is 0 Å². The van der Waals surface area contributed by atoms with Gasteiger partial charge in [0.2, 0.25) is 0 Å².